The number of nitrogens with zero attached hydrogens (tertiary/aromatic N) is 5. The van der Waals surface area contributed by atoms with E-state index in [0.29, 0.717) is 0 Å². The SMILES string of the molecule is CN1CCN(CC2CCN(C(=O)c3ccc4nccn4c3)CC2)CC1. The van der Waals surface area contributed by atoms with E-state index in [1.165, 1.54) is 32.7 Å². The molecule has 1 amide bonds. The van der Waals surface area contributed by atoms with Gasteiger partial charge in [-0.2, -0.15) is 0 Å². The molecular weight excluding hydrogens is 314 g/mol. The van der Waals surface area contributed by atoms with Gasteiger partial charge in [-0.15, -0.1) is 0 Å². The van der Waals surface area contributed by atoms with E-state index < -0.39 is 0 Å². The minimum absolute atomic E-state index is 0.147. The quantitative estimate of drug-likeness (QED) is 0.847. The van der Waals surface area contributed by atoms with Gasteiger partial charge in [0, 0.05) is 64.4 Å². The lowest BCUT2D eigenvalue weighted by Gasteiger charge is -2.38. The molecule has 0 radical (unpaired) electrons. The molecule has 25 heavy (non-hydrogen) atoms. The summed E-state index contributed by atoms with van der Waals surface area (Å²) in [6, 6.07) is 3.80. The number of fused-ring (bicyclic) bond motifs is 1. The smallest absolute Gasteiger partial charge is 0.255 e. The van der Waals surface area contributed by atoms with Crippen LogP contribution in [0, 0.1) is 5.92 Å². The molecule has 2 fully saturated rings. The molecule has 0 aliphatic carbocycles. The third kappa shape index (κ3) is 3.70. The maximum Gasteiger partial charge on any atom is 0.255 e. The fourth-order valence-electron chi connectivity index (χ4n) is 3.94. The number of aromatic nitrogens is 2. The van der Waals surface area contributed by atoms with Crippen molar-refractivity contribution in [3.8, 4) is 0 Å². The maximum atomic E-state index is 12.8. The van der Waals surface area contributed by atoms with E-state index in [2.05, 4.69) is 21.8 Å². The molecule has 0 spiro atoms. The van der Waals surface area contributed by atoms with Crippen LogP contribution in [0.5, 0.6) is 0 Å². The Morgan fingerprint density at radius 2 is 1.88 bits per heavy atom. The van der Waals surface area contributed by atoms with Crippen LogP contribution in [0.15, 0.2) is 30.7 Å². The lowest BCUT2D eigenvalue weighted by atomic mass is 9.95. The first-order valence-corrected chi connectivity index (χ1v) is 9.32. The largest absolute Gasteiger partial charge is 0.339 e. The highest BCUT2D eigenvalue weighted by atomic mass is 16.2. The van der Waals surface area contributed by atoms with E-state index in [0.717, 1.165) is 43.1 Å². The minimum atomic E-state index is 0.147. The number of hydrogen-bond acceptors (Lipinski definition) is 4. The Balaban J connectivity index is 1.31. The van der Waals surface area contributed by atoms with E-state index >= 15 is 0 Å². The standard InChI is InChI=1S/C19H27N5O/c1-21-10-12-22(13-11-21)14-16-4-7-23(8-5-16)19(25)17-2-3-18-20-6-9-24(18)15-17/h2-3,6,9,15-16H,4-5,7-8,10-14H2,1H3. The van der Waals surface area contributed by atoms with E-state index in [1.807, 2.05) is 33.8 Å². The summed E-state index contributed by atoms with van der Waals surface area (Å²) < 4.78 is 1.91. The lowest BCUT2D eigenvalue weighted by Crippen LogP contribution is -2.48. The van der Waals surface area contributed by atoms with Crippen molar-refractivity contribution in [2.75, 3.05) is 52.9 Å². The van der Waals surface area contributed by atoms with Crippen molar-refractivity contribution in [3.63, 3.8) is 0 Å². The number of pyridine rings is 1. The van der Waals surface area contributed by atoms with Gasteiger partial charge in [0.15, 0.2) is 0 Å². The third-order valence-electron chi connectivity index (χ3n) is 5.65. The van der Waals surface area contributed by atoms with Gasteiger partial charge in [-0.3, -0.25) is 4.79 Å². The molecule has 0 bridgehead atoms. The Labute approximate surface area is 149 Å². The summed E-state index contributed by atoms with van der Waals surface area (Å²) in [7, 11) is 2.20. The molecule has 0 saturated carbocycles. The van der Waals surface area contributed by atoms with Crippen LogP contribution in [-0.4, -0.2) is 82.9 Å². The van der Waals surface area contributed by atoms with E-state index in [-0.39, 0.29) is 5.91 Å². The topological polar surface area (TPSA) is 44.1 Å². The minimum Gasteiger partial charge on any atom is -0.339 e. The second-order valence-corrected chi connectivity index (χ2v) is 7.45. The number of rotatable bonds is 3. The first-order chi connectivity index (χ1) is 12.2. The predicted molar refractivity (Wildman–Crippen MR) is 97.8 cm³/mol. The Kier molecular flexibility index (Phi) is 4.72. The van der Waals surface area contributed by atoms with Crippen LogP contribution in [-0.2, 0) is 0 Å². The fourth-order valence-corrected chi connectivity index (χ4v) is 3.94. The molecule has 134 valence electrons. The van der Waals surface area contributed by atoms with Gasteiger partial charge in [0.25, 0.3) is 5.91 Å². The highest BCUT2D eigenvalue weighted by molar-refractivity contribution is 5.94. The van der Waals surface area contributed by atoms with Crippen LogP contribution in [0.2, 0.25) is 0 Å². The molecule has 6 heteroatoms. The van der Waals surface area contributed by atoms with Crippen LogP contribution in [0.4, 0.5) is 0 Å². The van der Waals surface area contributed by atoms with Crippen LogP contribution in [0.25, 0.3) is 5.65 Å². The van der Waals surface area contributed by atoms with Gasteiger partial charge in [-0.25, -0.2) is 4.98 Å². The number of carbonyl (C=O) groups is 1. The monoisotopic (exact) mass is 341 g/mol. The molecule has 2 aliphatic heterocycles. The number of imidazole rings is 1. The van der Waals surface area contributed by atoms with Gasteiger partial charge >= 0.3 is 0 Å². The number of piperazine rings is 1. The number of amides is 1. The van der Waals surface area contributed by atoms with E-state index in [9.17, 15) is 4.79 Å². The maximum absolute atomic E-state index is 12.8. The van der Waals surface area contributed by atoms with Crippen LogP contribution in [0.1, 0.15) is 23.2 Å². The Morgan fingerprint density at radius 3 is 2.64 bits per heavy atom. The van der Waals surface area contributed by atoms with Crippen LogP contribution in [0.3, 0.4) is 0 Å². The summed E-state index contributed by atoms with van der Waals surface area (Å²) in [5.41, 5.74) is 1.63. The molecule has 2 aromatic heterocycles. The van der Waals surface area contributed by atoms with Crippen molar-refractivity contribution < 1.29 is 4.79 Å². The van der Waals surface area contributed by atoms with Gasteiger partial charge in [-0.05, 0) is 37.9 Å². The Hall–Kier alpha value is -1.92. The van der Waals surface area contributed by atoms with Crippen molar-refractivity contribution in [2.24, 2.45) is 5.92 Å². The van der Waals surface area contributed by atoms with Crippen molar-refractivity contribution in [2.45, 2.75) is 12.8 Å². The zero-order chi connectivity index (χ0) is 17.2. The molecule has 4 heterocycles. The number of hydrogen-bond donors (Lipinski definition) is 0. The first-order valence-electron chi connectivity index (χ1n) is 9.32. The van der Waals surface area contributed by atoms with Crippen LogP contribution >= 0.6 is 0 Å². The summed E-state index contributed by atoms with van der Waals surface area (Å²) in [5, 5.41) is 0. The van der Waals surface area contributed by atoms with Gasteiger partial charge in [0.05, 0.1) is 5.56 Å². The number of carbonyl (C=O) groups excluding carboxylic acids is 1. The van der Waals surface area contributed by atoms with Crippen molar-refractivity contribution in [1.29, 1.82) is 0 Å². The zero-order valence-corrected chi connectivity index (χ0v) is 15.0. The molecule has 2 aromatic rings. The average molecular weight is 341 g/mol. The van der Waals surface area contributed by atoms with E-state index in [1.54, 1.807) is 6.20 Å². The summed E-state index contributed by atoms with van der Waals surface area (Å²) in [5.74, 6) is 0.872. The van der Waals surface area contributed by atoms with E-state index in [4.69, 9.17) is 0 Å². The van der Waals surface area contributed by atoms with Gasteiger partial charge < -0.3 is 19.1 Å². The van der Waals surface area contributed by atoms with Gasteiger partial charge in [0.1, 0.15) is 5.65 Å². The molecule has 2 aliphatic rings. The second kappa shape index (κ2) is 7.14. The van der Waals surface area contributed by atoms with Crippen molar-refractivity contribution in [3.05, 3.63) is 36.3 Å². The normalized spacial score (nSPS) is 21.1. The second-order valence-electron chi connectivity index (χ2n) is 7.45. The predicted octanol–water partition coefficient (Wildman–Crippen LogP) is 1.43. The summed E-state index contributed by atoms with van der Waals surface area (Å²) in [6.45, 7) is 7.65. The third-order valence-corrected chi connectivity index (χ3v) is 5.65. The first kappa shape index (κ1) is 16.5. The summed E-state index contributed by atoms with van der Waals surface area (Å²) in [4.78, 5) is 24.0. The number of piperidine rings is 1. The van der Waals surface area contributed by atoms with Crippen molar-refractivity contribution >= 4 is 11.6 Å². The van der Waals surface area contributed by atoms with Crippen molar-refractivity contribution in [1.82, 2.24) is 24.1 Å². The molecule has 0 atom stereocenters. The average Bonchev–Trinajstić information content (AvgIpc) is 3.11. The fraction of sp³-hybridized carbons (Fsp3) is 0.579. The van der Waals surface area contributed by atoms with Gasteiger partial charge in [0.2, 0.25) is 0 Å². The molecule has 0 unspecified atom stereocenters. The Morgan fingerprint density at radius 1 is 1.12 bits per heavy atom. The number of likely N-dealkylation sites (N-methyl/N-ethyl adjacent to an activating group) is 1. The molecule has 4 rings (SSSR count). The highest BCUT2D eigenvalue weighted by Crippen LogP contribution is 2.21. The van der Waals surface area contributed by atoms with Crippen LogP contribution < -0.4 is 0 Å². The molecule has 2 saturated heterocycles. The summed E-state index contributed by atoms with van der Waals surface area (Å²) >= 11 is 0. The van der Waals surface area contributed by atoms with Gasteiger partial charge in [-0.1, -0.05) is 0 Å². The lowest BCUT2D eigenvalue weighted by molar-refractivity contribution is 0.0643. The number of likely N-dealkylation sites (tertiary alicyclic amines) is 1. The zero-order valence-electron chi connectivity index (χ0n) is 15.0. The Bertz CT molecular complexity index is 726. The molecular formula is C19H27N5O. The summed E-state index contributed by atoms with van der Waals surface area (Å²) in [6.07, 6.45) is 7.76. The molecule has 0 N–H and O–H groups in total. The highest BCUT2D eigenvalue weighted by Gasteiger charge is 2.26. The molecule has 0 aromatic carbocycles. The molecule has 6 nitrogen and oxygen atoms in total.